The summed E-state index contributed by atoms with van der Waals surface area (Å²) in [5.41, 5.74) is 3.25. The van der Waals surface area contributed by atoms with Gasteiger partial charge in [0.05, 0.1) is 6.10 Å². The molecule has 1 atom stereocenters. The smallest absolute Gasteiger partial charge is 0.253 e. The Kier molecular flexibility index (Phi) is 3.06. The van der Waals surface area contributed by atoms with Gasteiger partial charge >= 0.3 is 0 Å². The summed E-state index contributed by atoms with van der Waals surface area (Å²) in [7, 11) is 0. The number of piperidine rings is 1. The number of hydrogen-bond donors (Lipinski definition) is 2. The van der Waals surface area contributed by atoms with E-state index >= 15 is 0 Å². The van der Waals surface area contributed by atoms with Crippen LogP contribution in [-0.2, 0) is 13.1 Å². The molecule has 0 bridgehead atoms. The first kappa shape index (κ1) is 11.7. The van der Waals surface area contributed by atoms with Gasteiger partial charge in [-0.05, 0) is 36.1 Å². The number of hydrogen-bond acceptors (Lipinski definition) is 3. The van der Waals surface area contributed by atoms with E-state index in [9.17, 15) is 9.90 Å². The molecule has 1 aromatic rings. The normalized spacial score (nSPS) is 22.9. The molecule has 0 aliphatic carbocycles. The van der Waals surface area contributed by atoms with Gasteiger partial charge < -0.3 is 15.3 Å². The van der Waals surface area contributed by atoms with Crippen molar-refractivity contribution in [3.05, 3.63) is 34.9 Å². The summed E-state index contributed by atoms with van der Waals surface area (Å²) in [5.74, 6) is 0.0449. The lowest BCUT2D eigenvalue weighted by Gasteiger charge is -2.30. The number of aliphatic hydroxyl groups is 1. The molecule has 1 aromatic carbocycles. The number of amides is 1. The molecule has 0 spiro atoms. The van der Waals surface area contributed by atoms with Gasteiger partial charge in [0.2, 0.25) is 0 Å². The van der Waals surface area contributed by atoms with Crippen LogP contribution in [0.25, 0.3) is 0 Å². The SMILES string of the molecule is O=C(c1ccc2c(c1)CNC2)N1CCCC(O)C1. The van der Waals surface area contributed by atoms with E-state index in [-0.39, 0.29) is 12.0 Å². The third kappa shape index (κ3) is 2.13. The minimum atomic E-state index is -0.362. The van der Waals surface area contributed by atoms with Crippen molar-refractivity contribution in [3.63, 3.8) is 0 Å². The average Bonchev–Trinajstić information content (AvgIpc) is 2.85. The fourth-order valence-corrected chi connectivity index (χ4v) is 2.75. The Morgan fingerprint density at radius 2 is 2.17 bits per heavy atom. The van der Waals surface area contributed by atoms with E-state index in [0.717, 1.165) is 38.0 Å². The molecule has 4 nitrogen and oxygen atoms in total. The third-order valence-corrected chi connectivity index (χ3v) is 3.77. The Bertz CT molecular complexity index is 473. The Balaban J connectivity index is 1.79. The second-order valence-electron chi connectivity index (χ2n) is 5.13. The van der Waals surface area contributed by atoms with Crippen LogP contribution in [0.2, 0.25) is 0 Å². The predicted molar refractivity (Wildman–Crippen MR) is 68.1 cm³/mol. The molecule has 0 radical (unpaired) electrons. The molecular weight excluding hydrogens is 228 g/mol. The number of fused-ring (bicyclic) bond motifs is 1. The van der Waals surface area contributed by atoms with Gasteiger partial charge in [-0.2, -0.15) is 0 Å². The number of benzene rings is 1. The highest BCUT2D eigenvalue weighted by molar-refractivity contribution is 5.94. The molecule has 0 saturated carbocycles. The number of β-amino-alcohol motifs (C(OH)–C–C–N with tert-alkyl or cyclic N) is 1. The van der Waals surface area contributed by atoms with E-state index in [2.05, 4.69) is 5.32 Å². The molecule has 1 amide bonds. The monoisotopic (exact) mass is 246 g/mol. The van der Waals surface area contributed by atoms with Crippen LogP contribution in [0.4, 0.5) is 0 Å². The molecule has 0 aromatic heterocycles. The maximum atomic E-state index is 12.3. The Hall–Kier alpha value is -1.39. The second-order valence-corrected chi connectivity index (χ2v) is 5.13. The summed E-state index contributed by atoms with van der Waals surface area (Å²) < 4.78 is 0. The van der Waals surface area contributed by atoms with Crippen LogP contribution >= 0.6 is 0 Å². The van der Waals surface area contributed by atoms with Crippen molar-refractivity contribution in [2.75, 3.05) is 13.1 Å². The number of aliphatic hydroxyl groups excluding tert-OH is 1. The first-order valence-corrected chi connectivity index (χ1v) is 6.54. The molecule has 96 valence electrons. The molecule has 1 fully saturated rings. The molecule has 18 heavy (non-hydrogen) atoms. The van der Waals surface area contributed by atoms with Crippen molar-refractivity contribution in [2.45, 2.75) is 32.0 Å². The summed E-state index contributed by atoms with van der Waals surface area (Å²) >= 11 is 0. The number of likely N-dealkylation sites (tertiary alicyclic amines) is 1. The van der Waals surface area contributed by atoms with Gasteiger partial charge in [-0.3, -0.25) is 4.79 Å². The number of carbonyl (C=O) groups excluding carboxylic acids is 1. The molecule has 2 heterocycles. The zero-order chi connectivity index (χ0) is 12.5. The Morgan fingerprint density at radius 1 is 1.33 bits per heavy atom. The van der Waals surface area contributed by atoms with Gasteiger partial charge in [-0.1, -0.05) is 6.07 Å². The lowest BCUT2D eigenvalue weighted by atomic mass is 10.0. The van der Waals surface area contributed by atoms with Crippen LogP contribution in [-0.4, -0.2) is 35.1 Å². The highest BCUT2D eigenvalue weighted by Crippen LogP contribution is 2.19. The second kappa shape index (κ2) is 4.71. The van der Waals surface area contributed by atoms with E-state index in [1.807, 2.05) is 18.2 Å². The van der Waals surface area contributed by atoms with Gasteiger partial charge in [-0.15, -0.1) is 0 Å². The lowest BCUT2D eigenvalue weighted by molar-refractivity contribution is 0.0473. The molecule has 1 saturated heterocycles. The van der Waals surface area contributed by atoms with E-state index in [0.29, 0.717) is 6.54 Å². The topological polar surface area (TPSA) is 52.6 Å². The first-order chi connectivity index (χ1) is 8.74. The lowest BCUT2D eigenvalue weighted by Crippen LogP contribution is -2.42. The van der Waals surface area contributed by atoms with Crippen molar-refractivity contribution >= 4 is 5.91 Å². The van der Waals surface area contributed by atoms with E-state index in [4.69, 9.17) is 0 Å². The van der Waals surface area contributed by atoms with Crippen LogP contribution in [0.1, 0.15) is 34.3 Å². The summed E-state index contributed by atoms with van der Waals surface area (Å²) in [5, 5.41) is 12.9. The zero-order valence-electron chi connectivity index (χ0n) is 10.4. The fourth-order valence-electron chi connectivity index (χ4n) is 2.75. The average molecular weight is 246 g/mol. The molecule has 2 aliphatic heterocycles. The molecule has 2 aliphatic rings. The molecule has 1 unspecified atom stereocenters. The Labute approximate surface area is 107 Å². The number of carbonyl (C=O) groups is 1. The summed E-state index contributed by atoms with van der Waals surface area (Å²) in [6.45, 7) is 2.96. The standard InChI is InChI=1S/C14H18N2O2/c17-13-2-1-5-16(9-13)14(18)10-3-4-11-7-15-8-12(11)6-10/h3-4,6,13,15,17H,1-2,5,7-9H2. The van der Waals surface area contributed by atoms with Gasteiger partial charge in [0.1, 0.15) is 0 Å². The van der Waals surface area contributed by atoms with E-state index < -0.39 is 0 Å². The Morgan fingerprint density at radius 3 is 3.00 bits per heavy atom. The number of nitrogens with zero attached hydrogens (tertiary/aromatic N) is 1. The summed E-state index contributed by atoms with van der Waals surface area (Å²) in [6, 6.07) is 5.91. The first-order valence-electron chi connectivity index (χ1n) is 6.54. The highest BCUT2D eigenvalue weighted by Gasteiger charge is 2.23. The molecular formula is C14H18N2O2. The fraction of sp³-hybridized carbons (Fsp3) is 0.500. The van der Waals surface area contributed by atoms with E-state index in [1.165, 1.54) is 11.1 Å². The minimum Gasteiger partial charge on any atom is -0.391 e. The van der Waals surface area contributed by atoms with Gasteiger partial charge in [0, 0.05) is 31.7 Å². The van der Waals surface area contributed by atoms with Crippen LogP contribution < -0.4 is 5.32 Å². The van der Waals surface area contributed by atoms with Crippen LogP contribution in [0.15, 0.2) is 18.2 Å². The molecule has 2 N–H and O–H groups in total. The van der Waals surface area contributed by atoms with Crippen molar-refractivity contribution in [1.82, 2.24) is 10.2 Å². The van der Waals surface area contributed by atoms with Crippen LogP contribution in [0.5, 0.6) is 0 Å². The minimum absolute atomic E-state index is 0.0449. The van der Waals surface area contributed by atoms with Gasteiger partial charge in [0.25, 0.3) is 5.91 Å². The van der Waals surface area contributed by atoms with Crippen molar-refractivity contribution < 1.29 is 9.90 Å². The largest absolute Gasteiger partial charge is 0.391 e. The van der Waals surface area contributed by atoms with E-state index in [1.54, 1.807) is 4.90 Å². The quantitative estimate of drug-likeness (QED) is 0.773. The van der Waals surface area contributed by atoms with Gasteiger partial charge in [-0.25, -0.2) is 0 Å². The predicted octanol–water partition coefficient (Wildman–Crippen LogP) is 0.887. The van der Waals surface area contributed by atoms with Crippen LogP contribution in [0.3, 0.4) is 0 Å². The highest BCUT2D eigenvalue weighted by atomic mass is 16.3. The number of nitrogens with one attached hydrogen (secondary N) is 1. The van der Waals surface area contributed by atoms with Gasteiger partial charge in [0.15, 0.2) is 0 Å². The summed E-state index contributed by atoms with van der Waals surface area (Å²) in [4.78, 5) is 14.1. The molecule has 4 heteroatoms. The summed E-state index contributed by atoms with van der Waals surface area (Å²) in [6.07, 6.45) is 1.33. The third-order valence-electron chi connectivity index (χ3n) is 3.77. The van der Waals surface area contributed by atoms with Crippen LogP contribution in [0, 0.1) is 0 Å². The van der Waals surface area contributed by atoms with Crippen molar-refractivity contribution in [1.29, 1.82) is 0 Å². The van der Waals surface area contributed by atoms with Crippen molar-refractivity contribution in [2.24, 2.45) is 0 Å². The zero-order valence-corrected chi connectivity index (χ0v) is 10.4. The van der Waals surface area contributed by atoms with Crippen molar-refractivity contribution in [3.8, 4) is 0 Å². The number of rotatable bonds is 1. The molecule has 3 rings (SSSR count). The maximum Gasteiger partial charge on any atom is 0.253 e. The maximum absolute atomic E-state index is 12.3.